The standard InChI is InChI=1S/C25H24BrClN2O6S/c1-3-13-34-23-12-6-18(15-24(23)33-4-2)25(30)29-28-16-17-5-11-22(21(26)14-17)35-36(31,32)20-9-7-19(27)8-10-20/h5-12,14-16H,3-4,13H2,1-2H3,(H,29,30)/b28-16+. The summed E-state index contributed by atoms with van der Waals surface area (Å²) in [5.74, 6) is 0.724. The van der Waals surface area contributed by atoms with Crippen molar-refractivity contribution in [3.8, 4) is 17.2 Å². The Morgan fingerprint density at radius 3 is 2.39 bits per heavy atom. The molecule has 1 amide bonds. The van der Waals surface area contributed by atoms with E-state index in [1.54, 1.807) is 30.3 Å². The Balaban J connectivity index is 1.66. The fourth-order valence-electron chi connectivity index (χ4n) is 2.91. The van der Waals surface area contributed by atoms with E-state index in [4.69, 9.17) is 25.3 Å². The van der Waals surface area contributed by atoms with Gasteiger partial charge in [-0.25, -0.2) is 5.43 Å². The molecule has 0 aromatic heterocycles. The number of halogens is 2. The molecule has 0 fully saturated rings. The van der Waals surface area contributed by atoms with Crippen LogP contribution < -0.4 is 19.1 Å². The Labute approximate surface area is 223 Å². The highest BCUT2D eigenvalue weighted by Crippen LogP contribution is 2.30. The molecule has 0 aliphatic heterocycles. The lowest BCUT2D eigenvalue weighted by atomic mass is 10.2. The molecule has 3 aromatic carbocycles. The van der Waals surface area contributed by atoms with E-state index in [1.165, 1.54) is 36.5 Å². The predicted octanol–water partition coefficient (Wildman–Crippen LogP) is 5.82. The molecule has 11 heteroatoms. The first-order valence-corrected chi connectivity index (χ1v) is 13.5. The Hall–Kier alpha value is -3.08. The summed E-state index contributed by atoms with van der Waals surface area (Å²) in [5.41, 5.74) is 3.41. The first-order chi connectivity index (χ1) is 17.2. The van der Waals surface area contributed by atoms with Gasteiger partial charge in [-0.1, -0.05) is 18.5 Å². The Morgan fingerprint density at radius 1 is 1.00 bits per heavy atom. The van der Waals surface area contributed by atoms with Crippen LogP contribution in [-0.4, -0.2) is 33.8 Å². The van der Waals surface area contributed by atoms with Gasteiger partial charge in [-0.2, -0.15) is 13.5 Å². The molecular weight excluding hydrogens is 572 g/mol. The summed E-state index contributed by atoms with van der Waals surface area (Å²) >= 11 is 9.11. The van der Waals surface area contributed by atoms with Gasteiger partial charge in [0.25, 0.3) is 5.91 Å². The first-order valence-electron chi connectivity index (χ1n) is 11.0. The van der Waals surface area contributed by atoms with Crippen LogP contribution in [0.2, 0.25) is 5.02 Å². The highest BCUT2D eigenvalue weighted by molar-refractivity contribution is 9.10. The van der Waals surface area contributed by atoms with E-state index >= 15 is 0 Å². The largest absolute Gasteiger partial charge is 0.490 e. The van der Waals surface area contributed by atoms with Crippen LogP contribution in [0.4, 0.5) is 0 Å². The normalized spacial score (nSPS) is 11.3. The van der Waals surface area contributed by atoms with Crippen molar-refractivity contribution in [2.75, 3.05) is 13.2 Å². The average molecular weight is 596 g/mol. The Morgan fingerprint density at radius 2 is 1.72 bits per heavy atom. The van der Waals surface area contributed by atoms with Crippen LogP contribution in [-0.2, 0) is 10.1 Å². The SMILES string of the molecule is CCCOc1ccc(C(=O)N/N=C/c2ccc(OS(=O)(=O)c3ccc(Cl)cc3)c(Br)c2)cc1OCC. The van der Waals surface area contributed by atoms with Gasteiger partial charge in [0.15, 0.2) is 17.2 Å². The summed E-state index contributed by atoms with van der Waals surface area (Å²) < 4.78 is 41.8. The third-order valence-electron chi connectivity index (χ3n) is 4.60. The van der Waals surface area contributed by atoms with E-state index in [2.05, 4.69) is 26.5 Å². The average Bonchev–Trinajstić information content (AvgIpc) is 2.85. The molecule has 0 aliphatic rings. The number of nitrogens with zero attached hydrogens (tertiary/aromatic N) is 1. The second kappa shape index (κ2) is 12.8. The van der Waals surface area contributed by atoms with Crippen LogP contribution in [0.25, 0.3) is 0 Å². The maximum absolute atomic E-state index is 12.5. The molecule has 36 heavy (non-hydrogen) atoms. The number of carbonyl (C=O) groups is 1. The summed E-state index contributed by atoms with van der Waals surface area (Å²) in [5, 5.41) is 4.39. The number of hydrogen-bond acceptors (Lipinski definition) is 7. The summed E-state index contributed by atoms with van der Waals surface area (Å²) in [6.45, 7) is 4.83. The van der Waals surface area contributed by atoms with Gasteiger partial charge < -0.3 is 13.7 Å². The predicted molar refractivity (Wildman–Crippen MR) is 142 cm³/mol. The topological polar surface area (TPSA) is 103 Å². The van der Waals surface area contributed by atoms with Crippen molar-refractivity contribution in [1.82, 2.24) is 5.43 Å². The molecule has 0 atom stereocenters. The molecule has 0 saturated carbocycles. The van der Waals surface area contributed by atoms with Crippen molar-refractivity contribution in [2.24, 2.45) is 5.10 Å². The fourth-order valence-corrected chi connectivity index (χ4v) is 4.57. The smallest absolute Gasteiger partial charge is 0.339 e. The molecule has 0 bridgehead atoms. The van der Waals surface area contributed by atoms with Gasteiger partial charge in [-0.05, 0) is 95.5 Å². The summed E-state index contributed by atoms with van der Waals surface area (Å²) in [4.78, 5) is 12.5. The van der Waals surface area contributed by atoms with E-state index in [0.29, 0.717) is 45.3 Å². The van der Waals surface area contributed by atoms with E-state index in [9.17, 15) is 13.2 Å². The first kappa shape index (κ1) is 27.5. The van der Waals surface area contributed by atoms with Gasteiger partial charge in [-0.3, -0.25) is 4.79 Å². The number of rotatable bonds is 11. The number of benzene rings is 3. The van der Waals surface area contributed by atoms with Gasteiger partial charge in [0.05, 0.1) is 23.9 Å². The van der Waals surface area contributed by atoms with E-state index < -0.39 is 16.0 Å². The molecule has 1 N–H and O–H groups in total. The van der Waals surface area contributed by atoms with Crippen LogP contribution in [0, 0.1) is 0 Å². The zero-order valence-electron chi connectivity index (χ0n) is 19.5. The second-order valence-electron chi connectivity index (χ2n) is 7.32. The molecule has 0 spiro atoms. The number of hydrogen-bond donors (Lipinski definition) is 1. The third-order valence-corrected chi connectivity index (χ3v) is 6.73. The zero-order valence-corrected chi connectivity index (χ0v) is 22.7. The summed E-state index contributed by atoms with van der Waals surface area (Å²) in [6, 6.07) is 15.2. The van der Waals surface area contributed by atoms with Gasteiger partial charge in [0, 0.05) is 10.6 Å². The maximum atomic E-state index is 12.5. The van der Waals surface area contributed by atoms with Crippen molar-refractivity contribution >= 4 is 49.8 Å². The zero-order chi connectivity index (χ0) is 26.1. The molecular formula is C25H24BrClN2O6S. The fraction of sp³-hybridized carbons (Fsp3) is 0.200. The van der Waals surface area contributed by atoms with Crippen molar-refractivity contribution in [3.05, 3.63) is 81.3 Å². The van der Waals surface area contributed by atoms with Gasteiger partial charge in [-0.15, -0.1) is 0 Å². The number of hydrazone groups is 1. The molecule has 0 heterocycles. The molecule has 0 unspecified atom stereocenters. The number of amides is 1. The maximum Gasteiger partial charge on any atom is 0.339 e. The minimum atomic E-state index is -4.04. The molecule has 0 radical (unpaired) electrons. The molecule has 3 rings (SSSR count). The van der Waals surface area contributed by atoms with Crippen LogP contribution in [0.3, 0.4) is 0 Å². The number of nitrogens with one attached hydrogen (secondary N) is 1. The highest BCUT2D eigenvalue weighted by Gasteiger charge is 2.18. The Kier molecular flexibility index (Phi) is 9.74. The molecule has 8 nitrogen and oxygen atoms in total. The van der Waals surface area contributed by atoms with E-state index in [0.717, 1.165) is 6.42 Å². The second-order valence-corrected chi connectivity index (χ2v) is 10.2. The van der Waals surface area contributed by atoms with Crippen molar-refractivity contribution in [2.45, 2.75) is 25.2 Å². The van der Waals surface area contributed by atoms with Crippen molar-refractivity contribution < 1.29 is 26.9 Å². The summed E-state index contributed by atoms with van der Waals surface area (Å²) in [6.07, 6.45) is 2.27. The van der Waals surface area contributed by atoms with E-state index in [1.807, 2.05) is 13.8 Å². The monoisotopic (exact) mass is 594 g/mol. The minimum Gasteiger partial charge on any atom is -0.490 e. The lowest BCUT2D eigenvalue weighted by Gasteiger charge is -2.12. The molecule has 3 aromatic rings. The van der Waals surface area contributed by atoms with Crippen molar-refractivity contribution in [1.29, 1.82) is 0 Å². The molecule has 190 valence electrons. The lowest BCUT2D eigenvalue weighted by Crippen LogP contribution is -2.17. The van der Waals surface area contributed by atoms with Crippen LogP contribution >= 0.6 is 27.5 Å². The van der Waals surface area contributed by atoms with Crippen molar-refractivity contribution in [3.63, 3.8) is 0 Å². The Bertz CT molecular complexity index is 1350. The van der Waals surface area contributed by atoms with Gasteiger partial charge in [0.2, 0.25) is 0 Å². The van der Waals surface area contributed by atoms with Gasteiger partial charge >= 0.3 is 10.1 Å². The van der Waals surface area contributed by atoms with Crippen LogP contribution in [0.5, 0.6) is 17.2 Å². The number of ether oxygens (including phenoxy) is 2. The lowest BCUT2D eigenvalue weighted by molar-refractivity contribution is 0.0954. The molecule has 0 aliphatic carbocycles. The molecule has 0 saturated heterocycles. The van der Waals surface area contributed by atoms with E-state index in [-0.39, 0.29) is 10.6 Å². The van der Waals surface area contributed by atoms with Gasteiger partial charge in [0.1, 0.15) is 4.90 Å². The van der Waals surface area contributed by atoms with Crippen LogP contribution in [0.1, 0.15) is 36.2 Å². The number of carbonyl (C=O) groups excluding carboxylic acids is 1. The van der Waals surface area contributed by atoms with Crippen LogP contribution in [0.15, 0.2) is 75.1 Å². The highest BCUT2D eigenvalue weighted by atomic mass is 79.9. The third kappa shape index (κ3) is 7.46. The quantitative estimate of drug-likeness (QED) is 0.170. The minimum absolute atomic E-state index is 0.0235. The summed E-state index contributed by atoms with van der Waals surface area (Å²) in [7, 11) is -4.04.